The minimum Gasteiger partial charge on any atom is -0.457 e. The second-order valence-electron chi connectivity index (χ2n) is 11.4. The fourth-order valence-electron chi connectivity index (χ4n) is 8.25. The summed E-state index contributed by atoms with van der Waals surface area (Å²) in [6.45, 7) is 1.03. The summed E-state index contributed by atoms with van der Waals surface area (Å²) < 4.78 is 16.9. The lowest BCUT2D eigenvalue weighted by atomic mass is 9.53. The van der Waals surface area contributed by atoms with Gasteiger partial charge in [0.05, 0.1) is 0 Å². The molecule has 1 aromatic carbocycles. The second-order valence-corrected chi connectivity index (χ2v) is 11.4. The van der Waals surface area contributed by atoms with Crippen LogP contribution >= 0.6 is 0 Å². The van der Waals surface area contributed by atoms with Crippen molar-refractivity contribution in [1.82, 2.24) is 5.32 Å². The van der Waals surface area contributed by atoms with Crippen LogP contribution in [0, 0.1) is 17.8 Å². The van der Waals surface area contributed by atoms with E-state index in [0.29, 0.717) is 11.5 Å². The van der Waals surface area contributed by atoms with E-state index in [1.54, 1.807) is 0 Å². The molecule has 33 heavy (non-hydrogen) atoms. The van der Waals surface area contributed by atoms with E-state index in [1.807, 2.05) is 6.07 Å². The van der Waals surface area contributed by atoms with Gasteiger partial charge < -0.3 is 19.5 Å². The van der Waals surface area contributed by atoms with Crippen LogP contribution in [0.15, 0.2) is 18.2 Å². The van der Waals surface area contributed by atoms with Gasteiger partial charge in [-0.3, -0.25) is 0 Å². The van der Waals surface area contributed by atoms with Gasteiger partial charge in [0.15, 0.2) is 0 Å². The highest BCUT2D eigenvalue weighted by molar-refractivity contribution is 5.60. The van der Waals surface area contributed by atoms with Gasteiger partial charge >= 0.3 is 6.16 Å². The van der Waals surface area contributed by atoms with Crippen LogP contribution in [0.5, 0.6) is 5.75 Å². The van der Waals surface area contributed by atoms with Gasteiger partial charge in [0.25, 0.3) is 0 Å². The molecule has 1 N–H and O–H groups in total. The maximum absolute atomic E-state index is 12.3. The first-order valence-electron chi connectivity index (χ1n) is 13.5. The van der Waals surface area contributed by atoms with Crippen molar-refractivity contribution >= 4 is 6.16 Å². The van der Waals surface area contributed by atoms with Crippen molar-refractivity contribution in [2.45, 2.75) is 101 Å². The largest absolute Gasteiger partial charge is 0.511 e. The summed E-state index contributed by atoms with van der Waals surface area (Å²) in [4.78, 5) is 12.3. The van der Waals surface area contributed by atoms with Gasteiger partial charge in [-0.15, -0.1) is 0 Å². The third-order valence-electron chi connectivity index (χ3n) is 9.78. The molecule has 0 amide bonds. The van der Waals surface area contributed by atoms with Crippen molar-refractivity contribution in [2.24, 2.45) is 17.8 Å². The molecule has 5 heteroatoms. The van der Waals surface area contributed by atoms with Gasteiger partial charge in [-0.2, -0.15) is 0 Å². The zero-order valence-electron chi connectivity index (χ0n) is 19.9. The van der Waals surface area contributed by atoms with Crippen molar-refractivity contribution in [3.05, 3.63) is 29.3 Å². The maximum Gasteiger partial charge on any atom is 0.511 e. The van der Waals surface area contributed by atoms with E-state index in [-0.39, 0.29) is 12.9 Å². The molecule has 4 aliphatic carbocycles. The molecule has 1 aromatic rings. The Morgan fingerprint density at radius 3 is 2.82 bits per heavy atom. The summed E-state index contributed by atoms with van der Waals surface area (Å²) >= 11 is 0. The summed E-state index contributed by atoms with van der Waals surface area (Å²) in [5, 5.41) is 3.79. The van der Waals surface area contributed by atoms with Crippen molar-refractivity contribution < 1.29 is 19.0 Å². The molecule has 1 saturated heterocycles. The molecule has 5 nitrogen and oxygen atoms in total. The molecule has 5 aliphatic rings. The van der Waals surface area contributed by atoms with E-state index >= 15 is 0 Å². The van der Waals surface area contributed by atoms with Crippen molar-refractivity contribution in [1.29, 1.82) is 0 Å². The maximum atomic E-state index is 12.3. The Hall–Kier alpha value is -1.75. The molecule has 1 aliphatic heterocycles. The van der Waals surface area contributed by atoms with Gasteiger partial charge in [0, 0.05) is 11.5 Å². The highest BCUT2D eigenvalue weighted by atomic mass is 16.8. The van der Waals surface area contributed by atoms with Crippen LogP contribution < -0.4 is 10.1 Å². The fraction of sp³-hybridized carbons (Fsp3) is 0.750. The SMILES string of the molecule is O=C(OCOc1ccc2c(c1)[C@@]13CCCC[C@@H]1[C@H](C2)NCC3)OC1CCC2CCCCC2C1. The zero-order chi connectivity index (χ0) is 22.3. The van der Waals surface area contributed by atoms with E-state index in [9.17, 15) is 4.79 Å². The average Bonchev–Trinajstić information content (AvgIpc) is 2.84. The first kappa shape index (κ1) is 21.8. The number of ether oxygens (including phenoxy) is 3. The Bertz CT molecular complexity index is 867. The number of piperidine rings is 1. The number of carbonyl (C=O) groups is 1. The summed E-state index contributed by atoms with van der Waals surface area (Å²) in [6, 6.07) is 7.14. The van der Waals surface area contributed by atoms with Gasteiger partial charge in [-0.05, 0) is 92.5 Å². The molecule has 180 valence electrons. The minimum atomic E-state index is -0.584. The molecule has 4 fully saturated rings. The average molecular weight is 454 g/mol. The van der Waals surface area contributed by atoms with Crippen LogP contribution in [0.4, 0.5) is 4.79 Å². The molecule has 2 bridgehead atoms. The number of carbonyl (C=O) groups excluding carboxylic acids is 1. The number of benzene rings is 1. The number of hydrogen-bond donors (Lipinski definition) is 1. The number of nitrogens with one attached hydrogen (secondary N) is 1. The first-order chi connectivity index (χ1) is 16.2. The van der Waals surface area contributed by atoms with E-state index < -0.39 is 6.16 Å². The molecular formula is C28H39NO4. The lowest BCUT2D eigenvalue weighted by Gasteiger charge is -2.56. The predicted molar refractivity (Wildman–Crippen MR) is 126 cm³/mol. The summed E-state index contributed by atoms with van der Waals surface area (Å²) in [5.41, 5.74) is 3.27. The van der Waals surface area contributed by atoms with Crippen LogP contribution in [0.1, 0.15) is 88.2 Å². The lowest BCUT2D eigenvalue weighted by Crippen LogP contribution is -2.59. The Morgan fingerprint density at radius 1 is 1.00 bits per heavy atom. The molecule has 0 spiro atoms. The van der Waals surface area contributed by atoms with Gasteiger partial charge in [0.1, 0.15) is 11.9 Å². The highest BCUT2D eigenvalue weighted by Crippen LogP contribution is 2.54. The summed E-state index contributed by atoms with van der Waals surface area (Å²) in [6.07, 6.45) is 15.6. The Morgan fingerprint density at radius 2 is 1.88 bits per heavy atom. The summed E-state index contributed by atoms with van der Waals surface area (Å²) in [7, 11) is 0. The van der Waals surface area contributed by atoms with Crippen molar-refractivity contribution in [3.8, 4) is 5.75 Å². The molecule has 1 heterocycles. The van der Waals surface area contributed by atoms with Crippen LogP contribution in [0.3, 0.4) is 0 Å². The fourth-order valence-corrected chi connectivity index (χ4v) is 8.25. The molecule has 3 unspecified atom stereocenters. The quantitative estimate of drug-likeness (QED) is 0.456. The van der Waals surface area contributed by atoms with Gasteiger partial charge in [-0.1, -0.05) is 44.6 Å². The van der Waals surface area contributed by atoms with Crippen LogP contribution in [-0.4, -0.2) is 31.6 Å². The van der Waals surface area contributed by atoms with Crippen LogP contribution in [0.2, 0.25) is 0 Å². The number of fused-ring (bicyclic) bond motifs is 2. The third kappa shape index (κ3) is 4.15. The Balaban J connectivity index is 1.05. The molecule has 6 rings (SSSR count). The van der Waals surface area contributed by atoms with Crippen LogP contribution in [-0.2, 0) is 21.3 Å². The van der Waals surface area contributed by atoms with Crippen LogP contribution in [0.25, 0.3) is 0 Å². The molecule has 6 atom stereocenters. The van der Waals surface area contributed by atoms with E-state index in [0.717, 1.165) is 49.3 Å². The van der Waals surface area contributed by atoms with E-state index in [4.69, 9.17) is 14.2 Å². The highest BCUT2D eigenvalue weighted by Gasteiger charge is 2.51. The van der Waals surface area contributed by atoms with E-state index in [1.165, 1.54) is 75.3 Å². The smallest absolute Gasteiger partial charge is 0.457 e. The zero-order valence-corrected chi connectivity index (χ0v) is 19.9. The third-order valence-corrected chi connectivity index (χ3v) is 9.78. The van der Waals surface area contributed by atoms with E-state index in [2.05, 4.69) is 17.4 Å². The first-order valence-corrected chi connectivity index (χ1v) is 13.5. The van der Waals surface area contributed by atoms with Crippen molar-refractivity contribution in [2.75, 3.05) is 13.3 Å². The predicted octanol–water partition coefficient (Wildman–Crippen LogP) is 5.88. The standard InChI is InChI=1S/C28H39NO4/c30-27(33-23-11-8-19-5-1-2-6-20(19)15-23)32-18-31-22-10-9-21-16-26-24-7-3-4-12-28(24,13-14-29-26)25(21)17-22/h9-10,17,19-20,23-24,26,29H,1-8,11-16,18H2/t19?,20?,23?,24-,26+,28-/m1/s1. The molecule has 0 radical (unpaired) electrons. The molecule has 0 aromatic heterocycles. The number of rotatable bonds is 4. The topological polar surface area (TPSA) is 56.8 Å². The number of hydrogen-bond acceptors (Lipinski definition) is 5. The minimum absolute atomic E-state index is 0.00999. The van der Waals surface area contributed by atoms with Gasteiger partial charge in [0.2, 0.25) is 6.79 Å². The Labute approximate surface area is 197 Å². The summed E-state index contributed by atoms with van der Waals surface area (Å²) in [5.74, 6) is 3.13. The lowest BCUT2D eigenvalue weighted by molar-refractivity contribution is -0.0373. The van der Waals surface area contributed by atoms with Gasteiger partial charge in [-0.25, -0.2) is 4.79 Å². The second kappa shape index (κ2) is 9.13. The monoisotopic (exact) mass is 453 g/mol. The molecular weight excluding hydrogens is 414 g/mol. The Kier molecular flexibility index (Phi) is 6.02. The normalized spacial score (nSPS) is 37.2. The van der Waals surface area contributed by atoms with Crippen molar-refractivity contribution in [3.63, 3.8) is 0 Å². The molecule has 3 saturated carbocycles.